The Morgan fingerprint density at radius 1 is 1.17 bits per heavy atom. The van der Waals surface area contributed by atoms with E-state index in [9.17, 15) is 0 Å². The van der Waals surface area contributed by atoms with Gasteiger partial charge in [0.2, 0.25) is 0 Å². The van der Waals surface area contributed by atoms with Crippen LogP contribution in [-0.2, 0) is 11.3 Å². The lowest BCUT2D eigenvalue weighted by Gasteiger charge is -2.10. The fourth-order valence-electron chi connectivity index (χ4n) is 2.28. The summed E-state index contributed by atoms with van der Waals surface area (Å²) in [5.41, 5.74) is 2.58. The van der Waals surface area contributed by atoms with E-state index in [1.165, 1.54) is 21.9 Å². The summed E-state index contributed by atoms with van der Waals surface area (Å²) in [5, 5.41) is 5.84. The van der Waals surface area contributed by atoms with Crippen LogP contribution in [0.1, 0.15) is 11.1 Å². The van der Waals surface area contributed by atoms with Gasteiger partial charge < -0.3 is 10.1 Å². The molecule has 0 fully saturated rings. The van der Waals surface area contributed by atoms with Crippen molar-refractivity contribution >= 4 is 16.8 Å². The first-order valence-corrected chi connectivity index (χ1v) is 6.23. The Balaban J connectivity index is 1.89. The van der Waals surface area contributed by atoms with Crippen molar-refractivity contribution in [2.24, 2.45) is 4.99 Å². The highest BCUT2D eigenvalue weighted by Crippen LogP contribution is 2.22. The van der Waals surface area contributed by atoms with Crippen molar-refractivity contribution < 1.29 is 4.74 Å². The van der Waals surface area contributed by atoms with Crippen LogP contribution in [0, 0.1) is 6.92 Å². The van der Waals surface area contributed by atoms with Gasteiger partial charge in [-0.3, -0.25) is 0 Å². The number of fused-ring (bicyclic) bond motifs is 1. The van der Waals surface area contributed by atoms with E-state index in [4.69, 9.17) is 4.74 Å². The molecule has 0 unspecified atom stereocenters. The minimum atomic E-state index is 0.666. The molecule has 1 aliphatic heterocycles. The van der Waals surface area contributed by atoms with E-state index in [0.29, 0.717) is 12.6 Å². The largest absolute Gasteiger partial charge is 0.463 e. The summed E-state index contributed by atoms with van der Waals surface area (Å²) >= 11 is 0. The van der Waals surface area contributed by atoms with Gasteiger partial charge in [-0.15, -0.1) is 0 Å². The zero-order valence-electron chi connectivity index (χ0n) is 10.4. The van der Waals surface area contributed by atoms with E-state index in [2.05, 4.69) is 53.6 Å². The van der Waals surface area contributed by atoms with E-state index in [1.807, 2.05) is 0 Å². The number of hydrogen-bond donors (Lipinski definition) is 1. The zero-order chi connectivity index (χ0) is 12.4. The van der Waals surface area contributed by atoms with Crippen LogP contribution in [0.2, 0.25) is 0 Å². The molecule has 1 aliphatic rings. The Kier molecular flexibility index (Phi) is 2.89. The van der Waals surface area contributed by atoms with E-state index in [-0.39, 0.29) is 0 Å². The fraction of sp³-hybridized carbons (Fsp3) is 0.267. The molecule has 1 N–H and O–H groups in total. The quantitative estimate of drug-likeness (QED) is 0.875. The van der Waals surface area contributed by atoms with Crippen LogP contribution in [0.15, 0.2) is 41.4 Å². The first-order chi connectivity index (χ1) is 8.84. The number of nitrogens with zero attached hydrogens (tertiary/aromatic N) is 1. The maximum Gasteiger partial charge on any atom is 0.285 e. The van der Waals surface area contributed by atoms with Crippen molar-refractivity contribution in [1.29, 1.82) is 0 Å². The second kappa shape index (κ2) is 4.69. The lowest BCUT2D eigenvalue weighted by Crippen LogP contribution is -2.23. The van der Waals surface area contributed by atoms with Crippen molar-refractivity contribution in [1.82, 2.24) is 5.32 Å². The lowest BCUT2D eigenvalue weighted by molar-refractivity contribution is 0.331. The molecule has 0 amide bonds. The molecule has 3 nitrogen and oxygen atoms in total. The summed E-state index contributed by atoms with van der Waals surface area (Å²) in [6, 6.07) is 13.5. The summed E-state index contributed by atoms with van der Waals surface area (Å²) in [6.07, 6.45) is 0. The molecular formula is C15H16N2O. The molecule has 2 aromatic carbocycles. The van der Waals surface area contributed by atoms with Crippen molar-refractivity contribution in [2.45, 2.75) is 13.5 Å². The Morgan fingerprint density at radius 3 is 2.78 bits per heavy atom. The lowest BCUT2D eigenvalue weighted by atomic mass is 10.0. The molecule has 0 radical (unpaired) electrons. The molecule has 0 bridgehead atoms. The topological polar surface area (TPSA) is 33.6 Å². The molecule has 18 heavy (non-hydrogen) atoms. The molecule has 0 aromatic heterocycles. The average Bonchev–Trinajstić information content (AvgIpc) is 2.92. The van der Waals surface area contributed by atoms with Gasteiger partial charge in [-0.1, -0.05) is 36.4 Å². The average molecular weight is 240 g/mol. The van der Waals surface area contributed by atoms with Crippen LogP contribution in [0.25, 0.3) is 10.8 Å². The number of hydrogen-bond acceptors (Lipinski definition) is 3. The Hall–Kier alpha value is -2.03. The Labute approximate surface area is 106 Å². The fourth-order valence-corrected chi connectivity index (χ4v) is 2.28. The molecule has 0 aliphatic carbocycles. The van der Waals surface area contributed by atoms with E-state index < -0.39 is 0 Å². The van der Waals surface area contributed by atoms with Crippen molar-refractivity contribution in [3.8, 4) is 0 Å². The molecule has 0 saturated carbocycles. The summed E-state index contributed by atoms with van der Waals surface area (Å²) in [5.74, 6) is 0. The Morgan fingerprint density at radius 2 is 2.00 bits per heavy atom. The second-order valence-corrected chi connectivity index (χ2v) is 4.48. The highest BCUT2D eigenvalue weighted by atomic mass is 16.5. The molecule has 3 rings (SSSR count). The second-order valence-electron chi connectivity index (χ2n) is 4.48. The van der Waals surface area contributed by atoms with E-state index in [0.717, 1.165) is 13.1 Å². The van der Waals surface area contributed by atoms with Crippen molar-refractivity contribution in [3.05, 3.63) is 47.5 Å². The first-order valence-electron chi connectivity index (χ1n) is 6.23. The first kappa shape index (κ1) is 11.1. The minimum Gasteiger partial charge on any atom is -0.463 e. The number of benzene rings is 2. The summed E-state index contributed by atoms with van der Waals surface area (Å²) in [7, 11) is 0. The van der Waals surface area contributed by atoms with Crippen LogP contribution in [0.5, 0.6) is 0 Å². The standard InChI is InChI=1S/C15H16N2O/c1-11-6-7-12(10-17-15-16-8-9-18-15)14-5-3-2-4-13(11)14/h2-7H,8-10H2,1H3,(H,16,17). The number of aliphatic imine (C=N–C) groups is 1. The molecule has 1 heterocycles. The van der Waals surface area contributed by atoms with Crippen LogP contribution in [0.4, 0.5) is 0 Å². The third-order valence-electron chi connectivity index (χ3n) is 3.25. The van der Waals surface area contributed by atoms with Gasteiger partial charge >= 0.3 is 0 Å². The van der Waals surface area contributed by atoms with Crippen LogP contribution < -0.4 is 5.32 Å². The number of aryl methyl sites for hydroxylation is 1. The maximum atomic E-state index is 5.35. The monoisotopic (exact) mass is 240 g/mol. The van der Waals surface area contributed by atoms with Gasteiger partial charge in [-0.2, -0.15) is 0 Å². The van der Waals surface area contributed by atoms with Crippen LogP contribution >= 0.6 is 0 Å². The molecule has 0 spiro atoms. The molecule has 0 saturated heterocycles. The van der Waals surface area contributed by atoms with Gasteiger partial charge in [-0.05, 0) is 28.8 Å². The van der Waals surface area contributed by atoms with E-state index >= 15 is 0 Å². The van der Waals surface area contributed by atoms with Crippen LogP contribution in [-0.4, -0.2) is 19.2 Å². The van der Waals surface area contributed by atoms with E-state index in [1.54, 1.807) is 0 Å². The van der Waals surface area contributed by atoms with Gasteiger partial charge in [0.15, 0.2) is 0 Å². The van der Waals surface area contributed by atoms with Gasteiger partial charge in [0.1, 0.15) is 6.61 Å². The van der Waals surface area contributed by atoms with Gasteiger partial charge in [0.05, 0.1) is 6.54 Å². The van der Waals surface area contributed by atoms with Crippen molar-refractivity contribution in [3.63, 3.8) is 0 Å². The SMILES string of the molecule is Cc1ccc(CNC2=NCCO2)c2ccccc12. The predicted molar refractivity (Wildman–Crippen MR) is 73.8 cm³/mol. The maximum absolute atomic E-state index is 5.35. The zero-order valence-corrected chi connectivity index (χ0v) is 10.4. The summed E-state index contributed by atoms with van der Waals surface area (Å²) in [6.45, 7) is 4.34. The number of rotatable bonds is 2. The molecule has 92 valence electrons. The summed E-state index contributed by atoms with van der Waals surface area (Å²) in [4.78, 5) is 4.23. The highest BCUT2D eigenvalue weighted by molar-refractivity contribution is 5.88. The molecule has 0 atom stereocenters. The number of nitrogens with one attached hydrogen (secondary N) is 1. The third kappa shape index (κ3) is 2.04. The number of ether oxygens (including phenoxy) is 1. The summed E-state index contributed by atoms with van der Waals surface area (Å²) < 4.78 is 5.35. The molecule has 2 aromatic rings. The highest BCUT2D eigenvalue weighted by Gasteiger charge is 2.08. The molecule has 3 heteroatoms. The predicted octanol–water partition coefficient (Wildman–Crippen LogP) is 2.62. The van der Waals surface area contributed by atoms with Gasteiger partial charge in [0.25, 0.3) is 6.02 Å². The smallest absolute Gasteiger partial charge is 0.285 e. The van der Waals surface area contributed by atoms with Crippen molar-refractivity contribution in [2.75, 3.05) is 13.2 Å². The minimum absolute atomic E-state index is 0.666. The van der Waals surface area contributed by atoms with Crippen LogP contribution in [0.3, 0.4) is 0 Å². The number of amidine groups is 1. The third-order valence-corrected chi connectivity index (χ3v) is 3.25. The Bertz CT molecular complexity index is 604. The van der Waals surface area contributed by atoms with Gasteiger partial charge in [0, 0.05) is 6.54 Å². The normalized spacial score (nSPS) is 14.4. The van der Waals surface area contributed by atoms with Gasteiger partial charge in [-0.25, -0.2) is 4.99 Å². The molecular weight excluding hydrogens is 224 g/mol.